The Balaban J connectivity index is 2.79. The van der Waals surface area contributed by atoms with Crippen LogP contribution in [0.2, 0.25) is 0 Å². The van der Waals surface area contributed by atoms with Crippen molar-refractivity contribution < 1.29 is 5.11 Å². The number of rotatable bonds is 3. The maximum Gasteiger partial charge on any atom is 0.115 e. The van der Waals surface area contributed by atoms with E-state index < -0.39 is 0 Å². The van der Waals surface area contributed by atoms with E-state index >= 15 is 0 Å². The number of nitrogens with zero attached hydrogens (tertiary/aromatic N) is 2. The van der Waals surface area contributed by atoms with E-state index in [1.54, 1.807) is 6.20 Å². The summed E-state index contributed by atoms with van der Waals surface area (Å²) in [6.45, 7) is 2.10. The largest absolute Gasteiger partial charge is 0.392 e. The Kier molecular flexibility index (Phi) is 3.41. The number of hydrogen-bond acceptors (Lipinski definition) is 3. The van der Waals surface area contributed by atoms with Gasteiger partial charge in [-0.2, -0.15) is 0 Å². The summed E-state index contributed by atoms with van der Waals surface area (Å²) in [4.78, 5) is 7.82. The second kappa shape index (κ2) is 4.62. The van der Waals surface area contributed by atoms with Gasteiger partial charge in [-0.25, -0.2) is 9.97 Å². The molecule has 0 aliphatic heterocycles. The smallest absolute Gasteiger partial charge is 0.115 e. The summed E-state index contributed by atoms with van der Waals surface area (Å²) < 4.78 is 0. The fourth-order valence-corrected chi connectivity index (χ4v) is 0.855. The van der Waals surface area contributed by atoms with Crippen LogP contribution in [-0.4, -0.2) is 21.7 Å². The van der Waals surface area contributed by atoms with Crippen LogP contribution in [0.15, 0.2) is 24.2 Å². The van der Waals surface area contributed by atoms with Gasteiger partial charge in [0.2, 0.25) is 0 Å². The highest BCUT2D eigenvalue weighted by atomic mass is 16.3. The van der Waals surface area contributed by atoms with Crippen LogP contribution in [0.3, 0.4) is 0 Å². The van der Waals surface area contributed by atoms with E-state index in [-0.39, 0.29) is 6.61 Å². The number of aliphatic hydroxyl groups excluding tert-OH is 1. The molecule has 1 N–H and O–H groups in total. The Hall–Kier alpha value is -1.22. The number of hydrogen-bond donors (Lipinski definition) is 1. The molecule has 64 valence electrons. The van der Waals surface area contributed by atoms with E-state index in [4.69, 9.17) is 5.11 Å². The van der Waals surface area contributed by atoms with Crippen LogP contribution in [0.25, 0.3) is 6.08 Å². The molecular formula is C9H12N2O. The molecule has 12 heavy (non-hydrogen) atoms. The molecule has 0 saturated heterocycles. The zero-order valence-electron chi connectivity index (χ0n) is 7.07. The standard InChI is InChI=1S/C9H12N2O/c1-2-8(6-12)5-9-3-4-10-7-11-9/h3-5,7,12H,2,6H2,1H3. The van der Waals surface area contributed by atoms with Gasteiger partial charge in [-0.15, -0.1) is 0 Å². The molecule has 0 unspecified atom stereocenters. The average molecular weight is 164 g/mol. The van der Waals surface area contributed by atoms with Crippen molar-refractivity contribution in [2.24, 2.45) is 0 Å². The fraction of sp³-hybridized carbons (Fsp3) is 0.333. The second-order valence-corrected chi connectivity index (χ2v) is 2.45. The zero-order valence-corrected chi connectivity index (χ0v) is 7.07. The summed E-state index contributed by atoms with van der Waals surface area (Å²) in [6, 6.07) is 1.81. The third kappa shape index (κ3) is 2.43. The molecule has 0 bridgehead atoms. The Morgan fingerprint density at radius 2 is 2.50 bits per heavy atom. The summed E-state index contributed by atoms with van der Waals surface area (Å²) in [5.74, 6) is 0. The van der Waals surface area contributed by atoms with Gasteiger partial charge >= 0.3 is 0 Å². The van der Waals surface area contributed by atoms with Crippen molar-refractivity contribution in [1.82, 2.24) is 9.97 Å². The predicted octanol–water partition coefficient (Wildman–Crippen LogP) is 1.26. The Labute approximate surface area is 71.8 Å². The van der Waals surface area contributed by atoms with E-state index in [9.17, 15) is 0 Å². The predicted molar refractivity (Wildman–Crippen MR) is 47.4 cm³/mol. The highest BCUT2D eigenvalue weighted by Crippen LogP contribution is 2.05. The summed E-state index contributed by atoms with van der Waals surface area (Å²) in [5.41, 5.74) is 1.82. The summed E-state index contributed by atoms with van der Waals surface area (Å²) >= 11 is 0. The monoisotopic (exact) mass is 164 g/mol. The van der Waals surface area contributed by atoms with Gasteiger partial charge in [-0.1, -0.05) is 6.92 Å². The van der Waals surface area contributed by atoms with Crippen molar-refractivity contribution in [2.45, 2.75) is 13.3 Å². The maximum absolute atomic E-state index is 8.88. The molecule has 0 atom stereocenters. The molecule has 0 radical (unpaired) electrons. The first-order valence-electron chi connectivity index (χ1n) is 3.93. The van der Waals surface area contributed by atoms with Crippen LogP contribution in [0.4, 0.5) is 0 Å². The lowest BCUT2D eigenvalue weighted by atomic mass is 10.2. The molecule has 0 spiro atoms. The minimum absolute atomic E-state index is 0.0977. The van der Waals surface area contributed by atoms with Crippen LogP contribution in [0.5, 0.6) is 0 Å². The topological polar surface area (TPSA) is 46.0 Å². The van der Waals surface area contributed by atoms with Crippen LogP contribution in [0.1, 0.15) is 19.0 Å². The van der Waals surface area contributed by atoms with Gasteiger partial charge in [0, 0.05) is 6.20 Å². The molecule has 1 rings (SSSR count). The van der Waals surface area contributed by atoms with Crippen molar-refractivity contribution in [3.05, 3.63) is 29.9 Å². The lowest BCUT2D eigenvalue weighted by molar-refractivity contribution is 0.329. The molecule has 0 saturated carbocycles. The fourth-order valence-electron chi connectivity index (χ4n) is 0.855. The summed E-state index contributed by atoms with van der Waals surface area (Å²) in [6.07, 6.45) is 5.90. The molecule has 0 aliphatic rings. The van der Waals surface area contributed by atoms with Gasteiger partial charge in [0.05, 0.1) is 12.3 Å². The molecule has 3 nitrogen and oxygen atoms in total. The van der Waals surface area contributed by atoms with Crippen molar-refractivity contribution in [3.8, 4) is 0 Å². The second-order valence-electron chi connectivity index (χ2n) is 2.45. The first-order valence-corrected chi connectivity index (χ1v) is 3.93. The quantitative estimate of drug-likeness (QED) is 0.731. The van der Waals surface area contributed by atoms with Gasteiger partial charge in [0.15, 0.2) is 0 Å². The van der Waals surface area contributed by atoms with Crippen molar-refractivity contribution in [2.75, 3.05) is 6.61 Å². The first-order chi connectivity index (χ1) is 5.86. The maximum atomic E-state index is 8.88. The summed E-state index contributed by atoms with van der Waals surface area (Å²) in [5, 5.41) is 8.88. The minimum Gasteiger partial charge on any atom is -0.392 e. The van der Waals surface area contributed by atoms with E-state index in [2.05, 4.69) is 9.97 Å². The molecule has 1 heterocycles. The molecule has 0 amide bonds. The first kappa shape index (κ1) is 8.87. The number of aromatic nitrogens is 2. The third-order valence-electron chi connectivity index (χ3n) is 1.61. The van der Waals surface area contributed by atoms with Gasteiger partial charge in [0.1, 0.15) is 6.33 Å². The minimum atomic E-state index is 0.0977. The van der Waals surface area contributed by atoms with Gasteiger partial charge < -0.3 is 5.11 Å². The number of aliphatic hydroxyl groups is 1. The van der Waals surface area contributed by atoms with Crippen LogP contribution in [-0.2, 0) is 0 Å². The molecule has 1 aromatic heterocycles. The van der Waals surface area contributed by atoms with Crippen LogP contribution >= 0.6 is 0 Å². The van der Waals surface area contributed by atoms with E-state index in [1.165, 1.54) is 6.33 Å². The molecule has 0 aliphatic carbocycles. The Bertz CT molecular complexity index is 250. The highest BCUT2D eigenvalue weighted by Gasteiger charge is 1.92. The zero-order chi connectivity index (χ0) is 8.81. The molecule has 0 aromatic carbocycles. The molecular weight excluding hydrogens is 152 g/mol. The average Bonchev–Trinajstić information content (AvgIpc) is 2.16. The SMILES string of the molecule is CCC(=Cc1ccncn1)CO. The van der Waals surface area contributed by atoms with Gasteiger partial charge in [-0.05, 0) is 24.1 Å². The van der Waals surface area contributed by atoms with Crippen molar-refractivity contribution in [3.63, 3.8) is 0 Å². The van der Waals surface area contributed by atoms with E-state index in [0.29, 0.717) is 0 Å². The summed E-state index contributed by atoms with van der Waals surface area (Å²) in [7, 11) is 0. The lowest BCUT2D eigenvalue weighted by Gasteiger charge is -1.97. The Morgan fingerprint density at radius 3 is 3.00 bits per heavy atom. The molecule has 3 heteroatoms. The van der Waals surface area contributed by atoms with Crippen LogP contribution < -0.4 is 0 Å². The van der Waals surface area contributed by atoms with Crippen molar-refractivity contribution >= 4 is 6.08 Å². The van der Waals surface area contributed by atoms with Gasteiger partial charge in [0.25, 0.3) is 0 Å². The van der Waals surface area contributed by atoms with Crippen LogP contribution in [0, 0.1) is 0 Å². The van der Waals surface area contributed by atoms with E-state index in [1.807, 2.05) is 19.1 Å². The third-order valence-corrected chi connectivity index (χ3v) is 1.61. The molecule has 1 aromatic rings. The van der Waals surface area contributed by atoms with E-state index in [0.717, 1.165) is 17.7 Å². The lowest BCUT2D eigenvalue weighted by Crippen LogP contribution is -1.89. The van der Waals surface area contributed by atoms with Crippen molar-refractivity contribution in [1.29, 1.82) is 0 Å². The normalized spacial score (nSPS) is 11.7. The Morgan fingerprint density at radius 1 is 1.67 bits per heavy atom. The molecule has 0 fully saturated rings. The van der Waals surface area contributed by atoms with Gasteiger partial charge in [-0.3, -0.25) is 0 Å². The highest BCUT2D eigenvalue weighted by molar-refractivity contribution is 5.48.